The van der Waals surface area contributed by atoms with Crippen LogP contribution in [0.15, 0.2) is 78.9 Å². The monoisotopic (exact) mass is 456 g/mol. The van der Waals surface area contributed by atoms with Crippen LogP contribution in [0.2, 0.25) is 0 Å². The van der Waals surface area contributed by atoms with Crippen LogP contribution < -0.4 is 10.2 Å². The van der Waals surface area contributed by atoms with Crippen LogP contribution in [0.5, 0.6) is 0 Å². The van der Waals surface area contributed by atoms with Crippen molar-refractivity contribution in [1.82, 2.24) is 0 Å². The average Bonchev–Trinajstić information content (AvgIpc) is 2.82. The van der Waals surface area contributed by atoms with Gasteiger partial charge in [0.1, 0.15) is 0 Å². The largest absolute Gasteiger partial charge is 0.452 e. The Hall–Kier alpha value is -4.14. The summed E-state index contributed by atoms with van der Waals surface area (Å²) in [7, 11) is 1.57. The van der Waals surface area contributed by atoms with E-state index in [1.54, 1.807) is 43.4 Å². The number of nitrogens with zero attached hydrogens (tertiary/aromatic N) is 1. The van der Waals surface area contributed by atoms with Crippen LogP contribution in [0.3, 0.4) is 0 Å². The zero-order valence-electron chi connectivity index (χ0n) is 17.4. The number of carbonyl (C=O) groups is 3. The topological polar surface area (TPSA) is 75.7 Å². The maximum Gasteiger partial charge on any atom is 0.416 e. The van der Waals surface area contributed by atoms with E-state index in [1.807, 2.05) is 6.07 Å². The van der Waals surface area contributed by atoms with E-state index < -0.39 is 36.1 Å². The Morgan fingerprint density at radius 2 is 1.42 bits per heavy atom. The van der Waals surface area contributed by atoms with Crippen molar-refractivity contribution in [3.63, 3.8) is 0 Å². The van der Waals surface area contributed by atoms with Crippen LogP contribution in [0.4, 0.5) is 24.5 Å². The second kappa shape index (κ2) is 9.99. The average molecular weight is 456 g/mol. The van der Waals surface area contributed by atoms with Gasteiger partial charge in [-0.2, -0.15) is 13.2 Å². The highest BCUT2D eigenvalue weighted by molar-refractivity contribution is 6.12. The highest BCUT2D eigenvalue weighted by atomic mass is 19.4. The molecule has 9 heteroatoms. The molecule has 6 nitrogen and oxygen atoms in total. The number of hydrogen-bond donors (Lipinski definition) is 1. The first-order chi connectivity index (χ1) is 15.7. The van der Waals surface area contributed by atoms with E-state index in [2.05, 4.69) is 5.32 Å². The molecule has 3 rings (SSSR count). The highest BCUT2D eigenvalue weighted by Crippen LogP contribution is 2.29. The molecule has 170 valence electrons. The maximum absolute atomic E-state index is 12.9. The van der Waals surface area contributed by atoms with Gasteiger partial charge in [-0.25, -0.2) is 4.79 Å². The minimum atomic E-state index is -4.49. The predicted octanol–water partition coefficient (Wildman–Crippen LogP) is 4.78. The molecule has 33 heavy (non-hydrogen) atoms. The van der Waals surface area contributed by atoms with E-state index >= 15 is 0 Å². The number of hydrogen-bond acceptors (Lipinski definition) is 4. The quantitative estimate of drug-likeness (QED) is 0.542. The first-order valence-electron chi connectivity index (χ1n) is 9.73. The van der Waals surface area contributed by atoms with Crippen molar-refractivity contribution >= 4 is 29.2 Å². The predicted molar refractivity (Wildman–Crippen MR) is 116 cm³/mol. The van der Waals surface area contributed by atoms with Gasteiger partial charge in [-0.1, -0.05) is 30.3 Å². The number of para-hydroxylation sites is 1. The van der Waals surface area contributed by atoms with Crippen molar-refractivity contribution in [2.45, 2.75) is 6.18 Å². The molecule has 2 amide bonds. The summed E-state index contributed by atoms with van der Waals surface area (Å²) in [4.78, 5) is 38.9. The summed E-state index contributed by atoms with van der Waals surface area (Å²) in [6.45, 7) is -0.684. The number of rotatable bonds is 6. The zero-order chi connectivity index (χ0) is 24.0. The summed E-state index contributed by atoms with van der Waals surface area (Å²) >= 11 is 0. The lowest BCUT2D eigenvalue weighted by Gasteiger charge is -2.18. The second-order valence-electron chi connectivity index (χ2n) is 6.94. The van der Waals surface area contributed by atoms with Gasteiger partial charge in [-0.3, -0.25) is 9.59 Å². The molecule has 3 aromatic carbocycles. The van der Waals surface area contributed by atoms with Crippen LogP contribution in [-0.4, -0.2) is 31.4 Å². The van der Waals surface area contributed by atoms with Gasteiger partial charge in [0.15, 0.2) is 6.61 Å². The molecule has 0 atom stereocenters. The summed E-state index contributed by atoms with van der Waals surface area (Å²) < 4.78 is 42.9. The molecule has 0 unspecified atom stereocenters. The van der Waals surface area contributed by atoms with E-state index in [0.29, 0.717) is 5.69 Å². The number of amides is 2. The molecule has 0 saturated carbocycles. The molecule has 0 aliphatic rings. The fraction of sp³-hybridized carbons (Fsp3) is 0.125. The minimum Gasteiger partial charge on any atom is -0.452 e. The molecule has 0 heterocycles. The Bertz CT molecular complexity index is 1150. The van der Waals surface area contributed by atoms with Gasteiger partial charge in [0.05, 0.1) is 16.7 Å². The lowest BCUT2D eigenvalue weighted by molar-refractivity contribution is -0.137. The standard InChI is InChI=1S/C24H19F3N2O4/c1-29(18-7-3-2-4-8-18)22(31)19-9-5-6-10-20(19)23(32)33-15-21(30)28-17-13-11-16(12-14-17)24(25,26)27/h2-14H,15H2,1H3,(H,28,30). The molecule has 0 fully saturated rings. The van der Waals surface area contributed by atoms with E-state index in [9.17, 15) is 27.6 Å². The molecular weight excluding hydrogens is 437 g/mol. The van der Waals surface area contributed by atoms with Gasteiger partial charge >= 0.3 is 12.1 Å². The summed E-state index contributed by atoms with van der Waals surface area (Å²) in [6, 6.07) is 18.7. The van der Waals surface area contributed by atoms with Crippen LogP contribution in [0, 0.1) is 0 Å². The van der Waals surface area contributed by atoms with Crippen molar-refractivity contribution < 1.29 is 32.3 Å². The molecule has 0 aliphatic carbocycles. The third kappa shape index (κ3) is 5.97. The molecule has 0 bridgehead atoms. The van der Waals surface area contributed by atoms with Crippen molar-refractivity contribution in [1.29, 1.82) is 0 Å². The van der Waals surface area contributed by atoms with Crippen molar-refractivity contribution in [3.05, 3.63) is 95.6 Å². The van der Waals surface area contributed by atoms with E-state index in [4.69, 9.17) is 4.74 Å². The Labute approximate surface area is 187 Å². The first kappa shape index (κ1) is 23.5. The lowest BCUT2D eigenvalue weighted by atomic mass is 10.1. The van der Waals surface area contributed by atoms with Crippen molar-refractivity contribution in [2.75, 3.05) is 23.9 Å². The van der Waals surface area contributed by atoms with Crippen molar-refractivity contribution in [2.24, 2.45) is 0 Å². The summed E-state index contributed by atoms with van der Waals surface area (Å²) in [6.07, 6.45) is -4.49. The fourth-order valence-corrected chi connectivity index (χ4v) is 2.95. The van der Waals surface area contributed by atoms with E-state index in [1.165, 1.54) is 17.0 Å². The smallest absolute Gasteiger partial charge is 0.416 e. The zero-order valence-corrected chi connectivity index (χ0v) is 17.4. The Morgan fingerprint density at radius 3 is 2.03 bits per heavy atom. The Balaban J connectivity index is 1.64. The minimum absolute atomic E-state index is 0.0207. The van der Waals surface area contributed by atoms with Crippen LogP contribution in [0.1, 0.15) is 26.3 Å². The number of carbonyl (C=O) groups excluding carboxylic acids is 3. The van der Waals surface area contributed by atoms with Gasteiger partial charge in [0, 0.05) is 18.4 Å². The first-order valence-corrected chi connectivity index (χ1v) is 9.73. The maximum atomic E-state index is 12.9. The molecular formula is C24H19F3N2O4. The Kier molecular flexibility index (Phi) is 7.12. The van der Waals surface area contributed by atoms with Gasteiger partial charge in [0.2, 0.25) is 0 Å². The third-order valence-corrected chi connectivity index (χ3v) is 4.66. The number of halogens is 3. The van der Waals surface area contributed by atoms with Crippen LogP contribution in [0.25, 0.3) is 0 Å². The molecule has 0 spiro atoms. The number of nitrogens with one attached hydrogen (secondary N) is 1. The number of ether oxygens (including phenoxy) is 1. The van der Waals surface area contributed by atoms with Crippen LogP contribution in [-0.2, 0) is 15.7 Å². The number of benzene rings is 3. The molecule has 0 radical (unpaired) electrons. The van der Waals surface area contributed by atoms with Gasteiger partial charge in [-0.05, 0) is 48.5 Å². The summed E-state index contributed by atoms with van der Waals surface area (Å²) in [5, 5.41) is 2.35. The van der Waals surface area contributed by atoms with E-state index in [-0.39, 0.29) is 16.8 Å². The lowest BCUT2D eigenvalue weighted by Crippen LogP contribution is -2.28. The molecule has 0 aromatic heterocycles. The SMILES string of the molecule is CN(C(=O)c1ccccc1C(=O)OCC(=O)Nc1ccc(C(F)(F)F)cc1)c1ccccc1. The molecule has 1 N–H and O–H groups in total. The molecule has 3 aromatic rings. The van der Waals surface area contributed by atoms with Crippen LogP contribution >= 0.6 is 0 Å². The van der Waals surface area contributed by atoms with Gasteiger partial charge in [-0.15, -0.1) is 0 Å². The molecule has 0 saturated heterocycles. The summed E-state index contributed by atoms with van der Waals surface area (Å²) in [5.74, 6) is -2.07. The Morgan fingerprint density at radius 1 is 0.848 bits per heavy atom. The van der Waals surface area contributed by atoms with E-state index in [0.717, 1.165) is 24.3 Å². The number of alkyl halides is 3. The number of anilines is 2. The number of esters is 1. The highest BCUT2D eigenvalue weighted by Gasteiger charge is 2.30. The van der Waals surface area contributed by atoms with Crippen molar-refractivity contribution in [3.8, 4) is 0 Å². The summed E-state index contributed by atoms with van der Waals surface area (Å²) in [5.41, 5.74) is -0.0380. The molecule has 0 aliphatic heterocycles. The normalized spacial score (nSPS) is 10.9. The van der Waals surface area contributed by atoms with Gasteiger partial charge < -0.3 is 15.0 Å². The third-order valence-electron chi connectivity index (χ3n) is 4.66. The fourth-order valence-electron chi connectivity index (χ4n) is 2.95. The van der Waals surface area contributed by atoms with Gasteiger partial charge in [0.25, 0.3) is 11.8 Å². The second-order valence-corrected chi connectivity index (χ2v) is 6.94.